The first kappa shape index (κ1) is 7.01. The number of nitrogens with one attached hydrogen (secondary N) is 1. The molecule has 0 saturated heterocycles. The number of amides is 1. The van der Waals surface area contributed by atoms with Crippen molar-refractivity contribution in [3.8, 4) is 0 Å². The van der Waals surface area contributed by atoms with E-state index in [-0.39, 0.29) is 5.91 Å². The topological polar surface area (TPSA) is 29.1 Å². The van der Waals surface area contributed by atoms with Gasteiger partial charge in [0.15, 0.2) is 0 Å². The molecular formula is C4H7NOSn. The van der Waals surface area contributed by atoms with Gasteiger partial charge in [0.2, 0.25) is 0 Å². The monoisotopic (exact) mass is 205 g/mol. The van der Waals surface area contributed by atoms with Gasteiger partial charge in [-0.3, -0.25) is 0 Å². The fourth-order valence-electron chi connectivity index (χ4n) is 0.123. The predicted octanol–water partition coefficient (Wildman–Crippen LogP) is -0.506. The van der Waals surface area contributed by atoms with Gasteiger partial charge in [0.05, 0.1) is 0 Å². The summed E-state index contributed by atoms with van der Waals surface area (Å²) in [5, 5.41) is 0. The van der Waals surface area contributed by atoms with E-state index in [4.69, 9.17) is 0 Å². The third-order valence-electron chi connectivity index (χ3n) is 0.519. The molecule has 0 rings (SSSR count). The summed E-state index contributed by atoms with van der Waals surface area (Å²) >= 11 is 0.766. The molecular weight excluding hydrogens is 197 g/mol. The van der Waals surface area contributed by atoms with E-state index in [1.807, 2.05) is 0 Å². The maximum atomic E-state index is 10.3. The first-order valence-corrected chi connectivity index (χ1v) is 3.49. The van der Waals surface area contributed by atoms with E-state index in [9.17, 15) is 4.79 Å². The Balaban J connectivity index is 3.58. The van der Waals surface area contributed by atoms with Crippen molar-refractivity contribution < 1.29 is 4.79 Å². The molecule has 0 bridgehead atoms. The molecule has 38 valence electrons. The van der Waals surface area contributed by atoms with Crippen molar-refractivity contribution in [1.29, 1.82) is 0 Å². The van der Waals surface area contributed by atoms with Gasteiger partial charge in [-0.05, 0) is 0 Å². The van der Waals surface area contributed by atoms with Crippen molar-refractivity contribution >= 4 is 28.7 Å². The number of carbonyl (C=O) groups excluding carboxylic acids is 1. The molecule has 0 atom stereocenters. The van der Waals surface area contributed by atoms with Crippen molar-refractivity contribution in [2.45, 2.75) is 6.92 Å². The van der Waals surface area contributed by atoms with E-state index in [1.54, 1.807) is 6.92 Å². The third-order valence-corrected chi connectivity index (χ3v) is 1.27. The number of hydrogen-bond donors (Lipinski definition) is 1. The Labute approximate surface area is 56.4 Å². The van der Waals surface area contributed by atoms with E-state index in [2.05, 4.69) is 10.1 Å². The maximum absolute atomic E-state index is 10.3. The summed E-state index contributed by atoms with van der Waals surface area (Å²) in [6.07, 6.45) is 0. The summed E-state index contributed by atoms with van der Waals surface area (Å²) < 4.78 is 2.56. The molecule has 0 aromatic carbocycles. The normalized spacial score (nSPS) is 7.71. The Morgan fingerprint density at radius 3 is 2.29 bits per heavy atom. The molecule has 0 aromatic rings. The summed E-state index contributed by atoms with van der Waals surface area (Å²) in [5.41, 5.74) is 0.576. The van der Waals surface area contributed by atoms with Gasteiger partial charge in [-0.1, -0.05) is 0 Å². The van der Waals surface area contributed by atoms with Crippen LogP contribution in [0.5, 0.6) is 0 Å². The minimum atomic E-state index is -0.0394. The second kappa shape index (κ2) is 3.07. The average molecular weight is 204 g/mol. The van der Waals surface area contributed by atoms with Crippen LogP contribution in [0, 0.1) is 0 Å². The molecule has 3 heteroatoms. The van der Waals surface area contributed by atoms with Crippen LogP contribution in [0.3, 0.4) is 0 Å². The first-order chi connectivity index (χ1) is 3.18. The van der Waals surface area contributed by atoms with E-state index < -0.39 is 0 Å². The Morgan fingerprint density at radius 1 is 1.86 bits per heavy atom. The van der Waals surface area contributed by atoms with E-state index >= 15 is 0 Å². The fourth-order valence-corrected chi connectivity index (χ4v) is 0.826. The van der Waals surface area contributed by atoms with Gasteiger partial charge in [-0.25, -0.2) is 0 Å². The third kappa shape index (κ3) is 2.67. The second-order valence-corrected chi connectivity index (χ2v) is 2.08. The van der Waals surface area contributed by atoms with Crippen molar-refractivity contribution in [3.63, 3.8) is 0 Å². The quantitative estimate of drug-likeness (QED) is 0.452. The zero-order valence-electron chi connectivity index (χ0n) is 4.19. The fraction of sp³-hybridized carbons (Fsp3) is 0.250. The van der Waals surface area contributed by atoms with Crippen LogP contribution < -0.4 is 3.54 Å². The minimum absolute atomic E-state index is 0.0394. The van der Waals surface area contributed by atoms with Crippen molar-refractivity contribution in [3.05, 3.63) is 12.2 Å². The molecule has 2 radical (unpaired) electrons. The molecule has 0 aliphatic carbocycles. The van der Waals surface area contributed by atoms with Gasteiger partial charge in [0.25, 0.3) is 0 Å². The molecule has 0 unspecified atom stereocenters. The van der Waals surface area contributed by atoms with E-state index in [1.165, 1.54) is 0 Å². The van der Waals surface area contributed by atoms with Gasteiger partial charge in [0, 0.05) is 0 Å². The molecule has 7 heavy (non-hydrogen) atoms. The Hall–Kier alpha value is 0.00870. The van der Waals surface area contributed by atoms with Gasteiger partial charge >= 0.3 is 56.1 Å². The summed E-state index contributed by atoms with van der Waals surface area (Å²) in [7, 11) is 0. The van der Waals surface area contributed by atoms with Gasteiger partial charge in [-0.15, -0.1) is 0 Å². The summed E-state index contributed by atoms with van der Waals surface area (Å²) in [6, 6.07) is 0. The molecule has 2 nitrogen and oxygen atoms in total. The molecule has 0 fully saturated rings. The second-order valence-electron chi connectivity index (χ2n) is 1.25. The van der Waals surface area contributed by atoms with Crippen LogP contribution in [-0.4, -0.2) is 28.7 Å². The molecule has 1 amide bonds. The summed E-state index contributed by atoms with van der Waals surface area (Å²) in [4.78, 5) is 10.3. The summed E-state index contributed by atoms with van der Waals surface area (Å²) in [6.45, 7) is 5.12. The molecule has 0 aromatic heterocycles. The van der Waals surface area contributed by atoms with Crippen LogP contribution >= 0.6 is 0 Å². The Morgan fingerprint density at radius 2 is 2.29 bits per heavy atom. The zero-order valence-corrected chi connectivity index (χ0v) is 7.49. The first-order valence-electron chi connectivity index (χ1n) is 1.85. The molecule has 0 saturated carbocycles. The molecule has 0 heterocycles. The van der Waals surface area contributed by atoms with E-state index in [0.717, 1.165) is 22.8 Å². The number of rotatable bonds is 1. The molecule has 0 aliphatic rings. The van der Waals surface area contributed by atoms with Crippen LogP contribution in [0.4, 0.5) is 0 Å². The zero-order chi connectivity index (χ0) is 5.86. The van der Waals surface area contributed by atoms with Crippen molar-refractivity contribution in [2.75, 3.05) is 0 Å². The van der Waals surface area contributed by atoms with Crippen LogP contribution in [-0.2, 0) is 4.79 Å². The molecule has 0 spiro atoms. The van der Waals surface area contributed by atoms with Crippen LogP contribution in [0.25, 0.3) is 0 Å². The van der Waals surface area contributed by atoms with Crippen molar-refractivity contribution in [2.24, 2.45) is 0 Å². The van der Waals surface area contributed by atoms with Crippen LogP contribution in [0.15, 0.2) is 12.2 Å². The Kier molecular flexibility index (Phi) is 3.07. The van der Waals surface area contributed by atoms with Crippen molar-refractivity contribution in [1.82, 2.24) is 3.54 Å². The summed E-state index contributed by atoms with van der Waals surface area (Å²) in [5.74, 6) is -0.0394. The number of carbonyl (C=O) groups is 1. The van der Waals surface area contributed by atoms with Crippen LogP contribution in [0.2, 0.25) is 0 Å². The molecule has 0 aliphatic heterocycles. The molecule has 1 N–H and O–H groups in total. The predicted molar refractivity (Wildman–Crippen MR) is 30.1 cm³/mol. The SMILES string of the molecule is C=C(C)C(=O)[NH][SnH]. The van der Waals surface area contributed by atoms with Crippen LogP contribution in [0.1, 0.15) is 6.92 Å². The average Bonchev–Trinajstić information content (AvgIpc) is 1.65. The van der Waals surface area contributed by atoms with Gasteiger partial charge in [0.1, 0.15) is 0 Å². The standard InChI is InChI=1S/C4H7NO.Sn.H/c1-3(2)4(5)6;;/h1H2,2H3,(H2,5,6);;/q;+1;/p-1. The van der Waals surface area contributed by atoms with Gasteiger partial charge in [-0.2, -0.15) is 0 Å². The van der Waals surface area contributed by atoms with E-state index in [0.29, 0.717) is 5.57 Å². The number of hydrogen-bond acceptors (Lipinski definition) is 1. The Bertz CT molecular complexity index is 99.9. The van der Waals surface area contributed by atoms with Gasteiger partial charge < -0.3 is 0 Å².